The van der Waals surface area contributed by atoms with Crippen molar-refractivity contribution in [1.29, 1.82) is 0 Å². The summed E-state index contributed by atoms with van der Waals surface area (Å²) in [4.78, 5) is 0. The van der Waals surface area contributed by atoms with E-state index in [-0.39, 0.29) is 5.82 Å². The van der Waals surface area contributed by atoms with Crippen molar-refractivity contribution in [2.45, 2.75) is 0 Å². The van der Waals surface area contributed by atoms with Gasteiger partial charge in [0.15, 0.2) is 0 Å². The molecular weight excluding hydrogens is 241 g/mol. The fourth-order valence-electron chi connectivity index (χ4n) is 1.70. The summed E-state index contributed by atoms with van der Waals surface area (Å²) in [7, 11) is 1.52. The Hall–Kier alpha value is -1.74. The molecule has 0 saturated carbocycles. The number of nitrogens with two attached hydrogens (primary N) is 1. The van der Waals surface area contributed by atoms with Crippen LogP contribution >= 0.6 is 11.6 Å². The molecule has 2 aromatic carbocycles. The standard InChI is InChI=1S/C13H11ClFNO/c1-17-12-6-5-8(15)7-9(12)13-10(14)3-2-4-11(13)16/h2-7H,16H2,1H3. The molecule has 0 saturated heterocycles. The van der Waals surface area contributed by atoms with Gasteiger partial charge in [0, 0.05) is 16.8 Å². The molecule has 4 heteroatoms. The van der Waals surface area contributed by atoms with Crippen molar-refractivity contribution in [2.24, 2.45) is 0 Å². The summed E-state index contributed by atoms with van der Waals surface area (Å²) in [6, 6.07) is 9.40. The number of benzene rings is 2. The highest BCUT2D eigenvalue weighted by atomic mass is 35.5. The average molecular weight is 252 g/mol. The van der Waals surface area contributed by atoms with E-state index in [9.17, 15) is 4.39 Å². The largest absolute Gasteiger partial charge is 0.496 e. The summed E-state index contributed by atoms with van der Waals surface area (Å²) in [5.74, 6) is 0.173. The Labute approximate surface area is 104 Å². The van der Waals surface area contributed by atoms with E-state index in [0.717, 1.165) is 0 Å². The van der Waals surface area contributed by atoms with E-state index in [1.807, 2.05) is 0 Å². The first kappa shape index (κ1) is 11.7. The molecule has 0 spiro atoms. The summed E-state index contributed by atoms with van der Waals surface area (Å²) >= 11 is 6.09. The van der Waals surface area contributed by atoms with Gasteiger partial charge in [0.25, 0.3) is 0 Å². The molecule has 0 aliphatic heterocycles. The highest BCUT2D eigenvalue weighted by Gasteiger charge is 2.13. The van der Waals surface area contributed by atoms with Gasteiger partial charge < -0.3 is 10.5 Å². The van der Waals surface area contributed by atoms with Crippen molar-refractivity contribution in [1.82, 2.24) is 0 Å². The van der Waals surface area contributed by atoms with Crippen LogP contribution in [-0.4, -0.2) is 7.11 Å². The van der Waals surface area contributed by atoms with E-state index in [2.05, 4.69) is 0 Å². The first-order chi connectivity index (χ1) is 8.13. The van der Waals surface area contributed by atoms with Crippen molar-refractivity contribution in [3.63, 3.8) is 0 Å². The number of methoxy groups -OCH3 is 1. The van der Waals surface area contributed by atoms with Gasteiger partial charge in [-0.15, -0.1) is 0 Å². The molecule has 0 aliphatic carbocycles. The van der Waals surface area contributed by atoms with E-state index in [0.29, 0.717) is 27.6 Å². The number of hydrogen-bond acceptors (Lipinski definition) is 2. The number of rotatable bonds is 2. The molecule has 2 rings (SSSR count). The smallest absolute Gasteiger partial charge is 0.127 e. The first-order valence-corrected chi connectivity index (χ1v) is 5.39. The molecule has 2 aromatic rings. The van der Waals surface area contributed by atoms with Crippen molar-refractivity contribution in [2.75, 3.05) is 12.8 Å². The Morgan fingerprint density at radius 2 is 2.00 bits per heavy atom. The van der Waals surface area contributed by atoms with E-state index >= 15 is 0 Å². The van der Waals surface area contributed by atoms with Crippen molar-refractivity contribution >= 4 is 17.3 Å². The van der Waals surface area contributed by atoms with Crippen LogP contribution in [0.2, 0.25) is 5.02 Å². The zero-order chi connectivity index (χ0) is 12.4. The van der Waals surface area contributed by atoms with E-state index in [1.165, 1.54) is 19.2 Å². The van der Waals surface area contributed by atoms with Crippen LogP contribution in [0.15, 0.2) is 36.4 Å². The van der Waals surface area contributed by atoms with Crippen LogP contribution in [-0.2, 0) is 0 Å². The predicted octanol–water partition coefficient (Wildman–Crippen LogP) is 3.74. The molecule has 0 aromatic heterocycles. The summed E-state index contributed by atoms with van der Waals surface area (Å²) in [5, 5.41) is 0.467. The molecule has 0 fully saturated rings. The van der Waals surface area contributed by atoms with Gasteiger partial charge in [0.2, 0.25) is 0 Å². The van der Waals surface area contributed by atoms with Gasteiger partial charge in [-0.05, 0) is 30.3 Å². The minimum atomic E-state index is -0.361. The molecule has 0 radical (unpaired) electrons. The van der Waals surface area contributed by atoms with Crippen LogP contribution in [0, 0.1) is 5.82 Å². The lowest BCUT2D eigenvalue weighted by Gasteiger charge is -2.12. The van der Waals surface area contributed by atoms with E-state index in [1.54, 1.807) is 24.3 Å². The summed E-state index contributed by atoms with van der Waals surface area (Å²) < 4.78 is 18.5. The molecule has 17 heavy (non-hydrogen) atoms. The van der Waals surface area contributed by atoms with Gasteiger partial charge in [-0.2, -0.15) is 0 Å². The minimum Gasteiger partial charge on any atom is -0.496 e. The van der Waals surface area contributed by atoms with Crippen LogP contribution in [0.25, 0.3) is 11.1 Å². The van der Waals surface area contributed by atoms with Gasteiger partial charge >= 0.3 is 0 Å². The molecule has 0 aliphatic rings. The lowest BCUT2D eigenvalue weighted by atomic mass is 10.0. The fraction of sp³-hybridized carbons (Fsp3) is 0.0769. The molecule has 88 valence electrons. The minimum absolute atomic E-state index is 0.361. The van der Waals surface area contributed by atoms with Gasteiger partial charge in [-0.25, -0.2) is 4.39 Å². The van der Waals surface area contributed by atoms with E-state index in [4.69, 9.17) is 22.1 Å². The first-order valence-electron chi connectivity index (χ1n) is 5.01. The third-order valence-corrected chi connectivity index (χ3v) is 2.79. The summed E-state index contributed by atoms with van der Waals surface area (Å²) in [6.07, 6.45) is 0. The Bertz CT molecular complexity index is 537. The van der Waals surface area contributed by atoms with Crippen molar-refractivity contribution < 1.29 is 9.13 Å². The predicted molar refractivity (Wildman–Crippen MR) is 67.8 cm³/mol. The second kappa shape index (κ2) is 4.63. The van der Waals surface area contributed by atoms with Crippen molar-refractivity contribution in [3.05, 3.63) is 47.2 Å². The maximum atomic E-state index is 13.3. The average Bonchev–Trinajstić information content (AvgIpc) is 2.29. The van der Waals surface area contributed by atoms with Crippen LogP contribution in [0.4, 0.5) is 10.1 Å². The van der Waals surface area contributed by atoms with Crippen LogP contribution in [0.1, 0.15) is 0 Å². The molecule has 0 heterocycles. The molecule has 0 unspecified atom stereocenters. The van der Waals surface area contributed by atoms with Crippen LogP contribution < -0.4 is 10.5 Å². The molecule has 0 atom stereocenters. The molecule has 0 bridgehead atoms. The zero-order valence-corrected chi connectivity index (χ0v) is 9.96. The van der Waals surface area contributed by atoms with Gasteiger partial charge in [0.05, 0.1) is 12.1 Å². The van der Waals surface area contributed by atoms with Gasteiger partial charge in [-0.1, -0.05) is 17.7 Å². The number of hydrogen-bond donors (Lipinski definition) is 1. The molecule has 2 nitrogen and oxygen atoms in total. The highest BCUT2D eigenvalue weighted by Crippen LogP contribution is 2.38. The second-order valence-electron chi connectivity index (χ2n) is 3.55. The van der Waals surface area contributed by atoms with Gasteiger partial charge in [0.1, 0.15) is 11.6 Å². The quantitative estimate of drug-likeness (QED) is 0.826. The highest BCUT2D eigenvalue weighted by molar-refractivity contribution is 6.34. The maximum Gasteiger partial charge on any atom is 0.127 e. The lowest BCUT2D eigenvalue weighted by molar-refractivity contribution is 0.415. The maximum absolute atomic E-state index is 13.3. The Kier molecular flexibility index (Phi) is 3.20. The topological polar surface area (TPSA) is 35.2 Å². The number of ether oxygens (including phenoxy) is 1. The Morgan fingerprint density at radius 1 is 1.24 bits per heavy atom. The second-order valence-corrected chi connectivity index (χ2v) is 3.96. The zero-order valence-electron chi connectivity index (χ0n) is 9.21. The van der Waals surface area contributed by atoms with Crippen LogP contribution in [0.3, 0.4) is 0 Å². The molecule has 2 N–H and O–H groups in total. The monoisotopic (exact) mass is 251 g/mol. The van der Waals surface area contributed by atoms with E-state index < -0.39 is 0 Å². The Morgan fingerprint density at radius 3 is 2.65 bits per heavy atom. The van der Waals surface area contributed by atoms with Gasteiger partial charge in [-0.3, -0.25) is 0 Å². The third-order valence-electron chi connectivity index (χ3n) is 2.48. The lowest BCUT2D eigenvalue weighted by Crippen LogP contribution is -1.94. The fourth-order valence-corrected chi connectivity index (χ4v) is 1.98. The summed E-state index contributed by atoms with van der Waals surface area (Å²) in [5.41, 5.74) is 7.49. The van der Waals surface area contributed by atoms with Crippen LogP contribution in [0.5, 0.6) is 5.75 Å². The summed E-state index contributed by atoms with van der Waals surface area (Å²) in [6.45, 7) is 0. The third kappa shape index (κ3) is 2.19. The normalized spacial score (nSPS) is 10.3. The SMILES string of the molecule is COc1ccc(F)cc1-c1c(N)cccc1Cl. The van der Waals surface area contributed by atoms with Crippen molar-refractivity contribution in [3.8, 4) is 16.9 Å². The number of anilines is 1. The Balaban J connectivity index is 2.71. The molecule has 0 amide bonds. The molecular formula is C13H11ClFNO. The number of nitrogen functional groups attached to an aromatic ring is 1. The number of halogens is 2.